The largest absolute Gasteiger partial charge is 0.373 e. The van der Waals surface area contributed by atoms with Crippen LogP contribution < -0.4 is 15.8 Å². The topological polar surface area (TPSA) is 75.9 Å². The Morgan fingerprint density at radius 3 is 2.86 bits per heavy atom. The Balaban J connectivity index is 2.09. The average molecular weight is 308 g/mol. The van der Waals surface area contributed by atoms with E-state index >= 15 is 0 Å². The fraction of sp³-hybridized carbons (Fsp3) is 0.538. The second-order valence-electron chi connectivity index (χ2n) is 4.65. The number of rotatable bonds is 7. The van der Waals surface area contributed by atoms with Gasteiger partial charge in [-0.2, -0.15) is 5.10 Å². The first-order valence-electron chi connectivity index (χ1n) is 6.98. The lowest BCUT2D eigenvalue weighted by Crippen LogP contribution is -2.25. The van der Waals surface area contributed by atoms with Gasteiger partial charge in [-0.3, -0.25) is 4.79 Å². The van der Waals surface area contributed by atoms with Crippen molar-refractivity contribution in [3.05, 3.63) is 27.6 Å². The summed E-state index contributed by atoms with van der Waals surface area (Å²) in [6, 6.07) is 1.59. The third-order valence-electron chi connectivity index (χ3n) is 3.05. The number of aromatic nitrogens is 4. The lowest BCUT2D eigenvalue weighted by atomic mass is 10.4. The van der Waals surface area contributed by atoms with E-state index in [2.05, 4.69) is 27.5 Å². The van der Waals surface area contributed by atoms with Crippen LogP contribution in [0.25, 0.3) is 0 Å². The van der Waals surface area contributed by atoms with Gasteiger partial charge < -0.3 is 10.2 Å². The first-order chi connectivity index (χ1) is 10.1. The third-order valence-corrected chi connectivity index (χ3v) is 3.91. The van der Waals surface area contributed by atoms with Crippen molar-refractivity contribution in [2.75, 3.05) is 30.4 Å². The highest BCUT2D eigenvalue weighted by Gasteiger charge is 2.08. The first kappa shape index (κ1) is 15.4. The van der Waals surface area contributed by atoms with Gasteiger partial charge >= 0.3 is 0 Å². The van der Waals surface area contributed by atoms with Crippen LogP contribution in [-0.2, 0) is 6.54 Å². The van der Waals surface area contributed by atoms with Gasteiger partial charge in [0.25, 0.3) is 5.56 Å². The maximum Gasteiger partial charge on any atom is 0.269 e. The molecule has 0 saturated heterocycles. The normalized spacial score (nSPS) is 10.6. The van der Waals surface area contributed by atoms with Crippen molar-refractivity contribution in [1.29, 1.82) is 0 Å². The van der Waals surface area contributed by atoms with E-state index in [9.17, 15) is 4.79 Å². The van der Waals surface area contributed by atoms with E-state index in [1.807, 2.05) is 18.9 Å². The van der Waals surface area contributed by atoms with E-state index in [0.29, 0.717) is 6.54 Å². The molecule has 0 aliphatic carbocycles. The third kappa shape index (κ3) is 4.01. The predicted octanol–water partition coefficient (Wildman–Crippen LogP) is 1.42. The summed E-state index contributed by atoms with van der Waals surface area (Å²) in [4.78, 5) is 14.0. The maximum absolute atomic E-state index is 12.1. The zero-order chi connectivity index (χ0) is 15.2. The van der Waals surface area contributed by atoms with Crippen LogP contribution in [0.2, 0.25) is 0 Å². The van der Waals surface area contributed by atoms with Gasteiger partial charge in [-0.15, -0.1) is 10.2 Å². The van der Waals surface area contributed by atoms with Gasteiger partial charge in [0.1, 0.15) is 5.01 Å². The molecule has 1 N–H and O–H groups in total. The zero-order valence-electron chi connectivity index (χ0n) is 12.5. The van der Waals surface area contributed by atoms with E-state index in [0.717, 1.165) is 35.3 Å². The fourth-order valence-electron chi connectivity index (χ4n) is 1.68. The van der Waals surface area contributed by atoms with Gasteiger partial charge in [0.15, 0.2) is 0 Å². The lowest BCUT2D eigenvalue weighted by Gasteiger charge is -2.15. The standard InChI is InChI=1S/C13H20N6OS/c1-4-6-14-13-17-16-11(21-13)9-19-12(20)7-10(8-15-19)18(3)5-2/h7-8H,4-6,9H2,1-3H3,(H,14,17). The van der Waals surface area contributed by atoms with Crippen molar-refractivity contribution in [1.82, 2.24) is 20.0 Å². The van der Waals surface area contributed by atoms with Gasteiger partial charge in [0.05, 0.1) is 18.4 Å². The summed E-state index contributed by atoms with van der Waals surface area (Å²) in [5, 5.41) is 17.0. The molecule has 2 rings (SSSR count). The van der Waals surface area contributed by atoms with Crippen LogP contribution in [-0.4, -0.2) is 40.1 Å². The van der Waals surface area contributed by atoms with Crippen LogP contribution in [0.3, 0.4) is 0 Å². The minimum absolute atomic E-state index is 0.133. The fourth-order valence-corrected chi connectivity index (χ4v) is 2.43. The van der Waals surface area contributed by atoms with Gasteiger partial charge in [-0.1, -0.05) is 18.3 Å². The van der Waals surface area contributed by atoms with E-state index in [4.69, 9.17) is 0 Å². The SMILES string of the molecule is CCCNc1nnc(Cn2ncc(N(C)CC)cc2=O)s1. The molecule has 0 radical (unpaired) electrons. The summed E-state index contributed by atoms with van der Waals surface area (Å²) >= 11 is 1.45. The number of hydrogen-bond acceptors (Lipinski definition) is 7. The maximum atomic E-state index is 12.1. The highest BCUT2D eigenvalue weighted by Crippen LogP contribution is 2.15. The molecule has 0 saturated carbocycles. The molecule has 114 valence electrons. The predicted molar refractivity (Wildman–Crippen MR) is 85.2 cm³/mol. The monoisotopic (exact) mass is 308 g/mol. The van der Waals surface area contributed by atoms with E-state index in [-0.39, 0.29) is 5.56 Å². The molecule has 0 aliphatic heterocycles. The second-order valence-corrected chi connectivity index (χ2v) is 5.71. The summed E-state index contributed by atoms with van der Waals surface area (Å²) in [7, 11) is 1.93. The molecule has 7 nitrogen and oxygen atoms in total. The highest BCUT2D eigenvalue weighted by atomic mass is 32.1. The van der Waals surface area contributed by atoms with Crippen molar-refractivity contribution in [3.8, 4) is 0 Å². The Labute approximate surface area is 127 Å². The van der Waals surface area contributed by atoms with Gasteiger partial charge in [0, 0.05) is 26.2 Å². The molecule has 0 spiro atoms. The molecule has 0 atom stereocenters. The zero-order valence-corrected chi connectivity index (χ0v) is 13.4. The van der Waals surface area contributed by atoms with Crippen LogP contribution in [0.15, 0.2) is 17.1 Å². The minimum Gasteiger partial charge on any atom is -0.373 e. The molecule has 2 heterocycles. The summed E-state index contributed by atoms with van der Waals surface area (Å²) < 4.78 is 1.40. The van der Waals surface area contributed by atoms with Crippen molar-refractivity contribution < 1.29 is 0 Å². The number of hydrogen-bond donors (Lipinski definition) is 1. The smallest absolute Gasteiger partial charge is 0.269 e. The number of nitrogens with one attached hydrogen (secondary N) is 1. The van der Waals surface area contributed by atoms with Crippen molar-refractivity contribution >= 4 is 22.2 Å². The lowest BCUT2D eigenvalue weighted by molar-refractivity contribution is 0.631. The van der Waals surface area contributed by atoms with Crippen LogP contribution in [0.1, 0.15) is 25.3 Å². The van der Waals surface area contributed by atoms with Gasteiger partial charge in [-0.05, 0) is 13.3 Å². The Bertz CT molecular complexity index is 638. The van der Waals surface area contributed by atoms with Crippen LogP contribution in [0, 0.1) is 0 Å². The molecule has 0 aromatic carbocycles. The highest BCUT2D eigenvalue weighted by molar-refractivity contribution is 7.15. The molecular weight excluding hydrogens is 288 g/mol. The van der Waals surface area contributed by atoms with E-state index in [1.165, 1.54) is 16.0 Å². The van der Waals surface area contributed by atoms with E-state index in [1.54, 1.807) is 12.3 Å². The Morgan fingerprint density at radius 1 is 1.38 bits per heavy atom. The van der Waals surface area contributed by atoms with Gasteiger partial charge in [0.2, 0.25) is 5.13 Å². The summed E-state index contributed by atoms with van der Waals surface area (Å²) in [5.41, 5.74) is 0.687. The molecule has 21 heavy (non-hydrogen) atoms. The quantitative estimate of drug-likeness (QED) is 0.834. The summed E-state index contributed by atoms with van der Waals surface area (Å²) in [6.45, 7) is 6.16. The van der Waals surface area contributed by atoms with Crippen molar-refractivity contribution in [2.45, 2.75) is 26.8 Å². The van der Waals surface area contributed by atoms with E-state index < -0.39 is 0 Å². The van der Waals surface area contributed by atoms with Crippen molar-refractivity contribution in [3.63, 3.8) is 0 Å². The van der Waals surface area contributed by atoms with Crippen LogP contribution >= 0.6 is 11.3 Å². The van der Waals surface area contributed by atoms with Gasteiger partial charge in [-0.25, -0.2) is 4.68 Å². The molecule has 8 heteroatoms. The summed E-state index contributed by atoms with van der Waals surface area (Å²) in [5.74, 6) is 0. The Hall–Kier alpha value is -1.96. The average Bonchev–Trinajstić information content (AvgIpc) is 2.94. The molecular formula is C13H20N6OS. The molecule has 0 amide bonds. The summed E-state index contributed by atoms with van der Waals surface area (Å²) in [6.07, 6.45) is 2.73. The first-order valence-corrected chi connectivity index (χ1v) is 7.80. The van der Waals surface area contributed by atoms with Crippen molar-refractivity contribution in [2.24, 2.45) is 0 Å². The minimum atomic E-state index is -0.133. The Kier molecular flexibility index (Phi) is 5.26. The molecule has 0 bridgehead atoms. The molecule has 2 aromatic heterocycles. The molecule has 2 aromatic rings. The second kappa shape index (κ2) is 7.16. The number of anilines is 2. The van der Waals surface area contributed by atoms with Crippen LogP contribution in [0.5, 0.6) is 0 Å². The Morgan fingerprint density at radius 2 is 2.19 bits per heavy atom. The van der Waals surface area contributed by atoms with Crippen LogP contribution in [0.4, 0.5) is 10.8 Å². The molecule has 0 aliphatic rings. The molecule has 0 unspecified atom stereocenters. The molecule has 0 fully saturated rings. The number of nitrogens with zero attached hydrogens (tertiary/aromatic N) is 5.